The second-order valence-electron chi connectivity index (χ2n) is 12.1. The molecule has 2 aliphatic heterocycles. The summed E-state index contributed by atoms with van der Waals surface area (Å²) in [4.78, 5) is 27.8. The summed E-state index contributed by atoms with van der Waals surface area (Å²) in [6.07, 6.45) is -0.626. The zero-order valence-corrected chi connectivity index (χ0v) is 27.2. The summed E-state index contributed by atoms with van der Waals surface area (Å²) >= 11 is 0. The summed E-state index contributed by atoms with van der Waals surface area (Å²) in [5.41, 5.74) is 3.96. The van der Waals surface area contributed by atoms with Gasteiger partial charge in [-0.05, 0) is 35.2 Å². The Balaban J connectivity index is 1.53. The van der Waals surface area contributed by atoms with Crippen molar-refractivity contribution < 1.29 is 43.5 Å². The van der Waals surface area contributed by atoms with Crippen molar-refractivity contribution in [2.45, 2.75) is 38.6 Å². The molecule has 1 saturated heterocycles. The number of rotatable bonds is 17. The van der Waals surface area contributed by atoms with E-state index in [0.717, 1.165) is 47.6 Å². The summed E-state index contributed by atoms with van der Waals surface area (Å²) in [5.74, 6) is 0.119. The number of ether oxygens (including phenoxy) is 5. The number of anilines is 1. The number of aliphatic hydroxyl groups excluding tert-OH is 1. The SMILES string of the molecule is COCCCN1CCOc2ccc(CO[C@H]3CN(C(=O)O)C[C@@H](CNC(=O)CO)[C@@H]3c3ccc(COC[C@@H](C)COC)cc3)cc21. The molecule has 2 aliphatic rings. The van der Waals surface area contributed by atoms with E-state index in [4.69, 9.17) is 23.7 Å². The van der Waals surface area contributed by atoms with Crippen molar-refractivity contribution in [1.82, 2.24) is 10.2 Å². The third-order valence-corrected chi connectivity index (χ3v) is 8.45. The molecule has 4 rings (SSSR count). The van der Waals surface area contributed by atoms with Crippen LogP contribution in [0.5, 0.6) is 5.75 Å². The van der Waals surface area contributed by atoms with E-state index >= 15 is 0 Å². The number of amides is 2. The highest BCUT2D eigenvalue weighted by Gasteiger charge is 2.40. The summed E-state index contributed by atoms with van der Waals surface area (Å²) in [5, 5.41) is 22.0. The van der Waals surface area contributed by atoms with Crippen LogP contribution in [0.1, 0.15) is 36.0 Å². The normalized spacial score (nSPS) is 20.1. The van der Waals surface area contributed by atoms with Gasteiger partial charge < -0.3 is 49.0 Å². The van der Waals surface area contributed by atoms with Crippen LogP contribution >= 0.6 is 0 Å². The Morgan fingerprint density at radius 2 is 1.83 bits per heavy atom. The van der Waals surface area contributed by atoms with Crippen LogP contribution < -0.4 is 15.0 Å². The van der Waals surface area contributed by atoms with Gasteiger partial charge in [0, 0.05) is 58.2 Å². The number of carbonyl (C=O) groups excluding carboxylic acids is 1. The first kappa shape index (κ1) is 35.4. The Bertz CT molecular complexity index is 1240. The lowest BCUT2D eigenvalue weighted by Gasteiger charge is -2.43. The van der Waals surface area contributed by atoms with E-state index in [2.05, 4.69) is 23.2 Å². The van der Waals surface area contributed by atoms with Crippen molar-refractivity contribution in [2.75, 3.05) is 84.9 Å². The Morgan fingerprint density at radius 3 is 2.54 bits per heavy atom. The fourth-order valence-corrected chi connectivity index (χ4v) is 6.19. The number of piperidine rings is 1. The van der Waals surface area contributed by atoms with Gasteiger partial charge >= 0.3 is 6.09 Å². The standard InChI is InChI=1S/C34H49N3O9/c1-24(20-43-3)21-44-22-25-5-8-27(9-6-25)33-28(16-35-32(39)19-38)17-37(34(40)41)18-31(33)46-23-26-7-10-30-29(15-26)36(12-14-45-30)11-4-13-42-2/h5-10,15,24,28,31,33,38H,4,11-14,16-23H2,1-3H3,(H,35,39)(H,40,41)/t24-,28+,31-,33-/m0/s1. The molecule has 0 unspecified atom stereocenters. The van der Waals surface area contributed by atoms with Crippen LogP contribution in [0.4, 0.5) is 10.5 Å². The number of carboxylic acid groups (broad SMARTS) is 1. The number of fused-ring (bicyclic) bond motifs is 1. The first-order valence-electron chi connectivity index (χ1n) is 15.9. The maximum Gasteiger partial charge on any atom is 0.407 e. The Hall–Kier alpha value is -3.42. The molecule has 2 amide bonds. The molecule has 0 aromatic heterocycles. The van der Waals surface area contributed by atoms with Crippen LogP contribution in [0.25, 0.3) is 0 Å². The maximum absolute atomic E-state index is 12.2. The monoisotopic (exact) mass is 643 g/mol. The van der Waals surface area contributed by atoms with Crippen molar-refractivity contribution in [1.29, 1.82) is 0 Å². The lowest BCUT2D eigenvalue weighted by molar-refractivity contribution is -0.124. The lowest BCUT2D eigenvalue weighted by atomic mass is 9.78. The molecule has 0 radical (unpaired) electrons. The van der Waals surface area contributed by atoms with Gasteiger partial charge in [-0.1, -0.05) is 37.3 Å². The van der Waals surface area contributed by atoms with E-state index in [0.29, 0.717) is 33.0 Å². The number of hydrogen-bond donors (Lipinski definition) is 3. The third kappa shape index (κ3) is 10.0. The third-order valence-electron chi connectivity index (χ3n) is 8.45. The molecular formula is C34H49N3O9. The number of benzene rings is 2. The number of hydrogen-bond acceptors (Lipinski definition) is 9. The predicted molar refractivity (Wildman–Crippen MR) is 172 cm³/mol. The van der Waals surface area contributed by atoms with Crippen LogP contribution in [0.3, 0.4) is 0 Å². The quantitative estimate of drug-likeness (QED) is 0.221. The second kappa shape index (κ2) is 18.1. The van der Waals surface area contributed by atoms with Crippen LogP contribution in [0.15, 0.2) is 42.5 Å². The largest absolute Gasteiger partial charge is 0.490 e. The highest BCUT2D eigenvalue weighted by atomic mass is 16.5. The van der Waals surface area contributed by atoms with Crippen molar-refractivity contribution in [3.05, 3.63) is 59.2 Å². The van der Waals surface area contributed by atoms with Gasteiger partial charge in [0.25, 0.3) is 0 Å². The zero-order chi connectivity index (χ0) is 32.9. The van der Waals surface area contributed by atoms with Crippen LogP contribution in [-0.4, -0.2) is 113 Å². The number of likely N-dealkylation sites (tertiary alicyclic amines) is 1. The Kier molecular flexibility index (Phi) is 13.9. The average molecular weight is 644 g/mol. The molecule has 0 spiro atoms. The van der Waals surface area contributed by atoms with Crippen molar-refractivity contribution in [2.24, 2.45) is 11.8 Å². The van der Waals surface area contributed by atoms with Crippen LogP contribution in [-0.2, 0) is 37.0 Å². The maximum atomic E-state index is 12.2. The van der Waals surface area contributed by atoms with Gasteiger partial charge in [0.15, 0.2) is 0 Å². The fourth-order valence-electron chi connectivity index (χ4n) is 6.19. The molecule has 1 fully saturated rings. The molecule has 46 heavy (non-hydrogen) atoms. The molecule has 2 aromatic carbocycles. The molecule has 3 N–H and O–H groups in total. The fraction of sp³-hybridized carbons (Fsp3) is 0.588. The van der Waals surface area contributed by atoms with Crippen LogP contribution in [0, 0.1) is 11.8 Å². The molecule has 4 atom stereocenters. The summed E-state index contributed by atoms with van der Waals surface area (Å²) in [6, 6.07) is 14.1. The molecule has 254 valence electrons. The van der Waals surface area contributed by atoms with Gasteiger partial charge in [-0.25, -0.2) is 4.79 Å². The van der Waals surface area contributed by atoms with E-state index in [-0.39, 0.29) is 44.0 Å². The molecular weight excluding hydrogens is 594 g/mol. The highest BCUT2D eigenvalue weighted by Crippen LogP contribution is 2.37. The molecule has 2 aromatic rings. The molecule has 12 nitrogen and oxygen atoms in total. The highest BCUT2D eigenvalue weighted by molar-refractivity contribution is 5.76. The number of nitrogens with one attached hydrogen (secondary N) is 1. The second-order valence-corrected chi connectivity index (χ2v) is 12.1. The van der Waals surface area contributed by atoms with E-state index < -0.39 is 24.7 Å². The first-order valence-corrected chi connectivity index (χ1v) is 15.9. The van der Waals surface area contributed by atoms with Crippen molar-refractivity contribution in [3.63, 3.8) is 0 Å². The minimum Gasteiger partial charge on any atom is -0.490 e. The van der Waals surface area contributed by atoms with Crippen molar-refractivity contribution >= 4 is 17.7 Å². The van der Waals surface area contributed by atoms with Crippen molar-refractivity contribution in [3.8, 4) is 5.75 Å². The van der Waals surface area contributed by atoms with E-state index in [1.807, 2.05) is 36.4 Å². The number of carbonyl (C=O) groups is 2. The zero-order valence-electron chi connectivity index (χ0n) is 27.2. The summed E-state index contributed by atoms with van der Waals surface area (Å²) in [6.45, 7) is 6.94. The van der Waals surface area contributed by atoms with Gasteiger partial charge in [0.1, 0.15) is 19.0 Å². The smallest absolute Gasteiger partial charge is 0.407 e. The first-order chi connectivity index (χ1) is 22.3. The minimum absolute atomic E-state index is 0.184. The number of methoxy groups -OCH3 is 2. The molecule has 0 bridgehead atoms. The topological polar surface area (TPSA) is 139 Å². The molecule has 0 saturated carbocycles. The van der Waals surface area contributed by atoms with Gasteiger partial charge in [0.2, 0.25) is 5.91 Å². The minimum atomic E-state index is -1.04. The number of nitrogens with zero attached hydrogens (tertiary/aromatic N) is 2. The van der Waals surface area contributed by atoms with Gasteiger partial charge in [-0.2, -0.15) is 0 Å². The van der Waals surface area contributed by atoms with E-state index in [9.17, 15) is 19.8 Å². The lowest BCUT2D eigenvalue weighted by Crippen LogP contribution is -2.53. The van der Waals surface area contributed by atoms with Crippen LogP contribution in [0.2, 0.25) is 0 Å². The van der Waals surface area contributed by atoms with Gasteiger partial charge in [-0.15, -0.1) is 0 Å². The molecule has 12 heteroatoms. The van der Waals surface area contributed by atoms with E-state index in [1.165, 1.54) is 4.90 Å². The average Bonchev–Trinajstić information content (AvgIpc) is 3.06. The summed E-state index contributed by atoms with van der Waals surface area (Å²) < 4.78 is 28.8. The number of aliphatic hydroxyl groups is 1. The van der Waals surface area contributed by atoms with E-state index in [1.54, 1.807) is 14.2 Å². The van der Waals surface area contributed by atoms with Gasteiger partial charge in [0.05, 0.1) is 51.3 Å². The molecule has 2 heterocycles. The van der Waals surface area contributed by atoms with Gasteiger partial charge in [-0.3, -0.25) is 4.79 Å². The summed E-state index contributed by atoms with van der Waals surface area (Å²) in [7, 11) is 3.38. The predicted octanol–water partition coefficient (Wildman–Crippen LogP) is 3.11. The Morgan fingerprint density at radius 1 is 1.04 bits per heavy atom. The molecule has 0 aliphatic carbocycles. The Labute approximate surface area is 271 Å².